The number of hydrogen-bond acceptors (Lipinski definition) is 7. The third-order valence-corrected chi connectivity index (χ3v) is 7.61. The van der Waals surface area contributed by atoms with E-state index in [-0.39, 0.29) is 22.4 Å². The number of hydrogen-bond donors (Lipinski definition) is 1. The van der Waals surface area contributed by atoms with E-state index in [1.165, 1.54) is 28.2 Å². The van der Waals surface area contributed by atoms with Crippen LogP contribution in [0.15, 0.2) is 34.0 Å². The summed E-state index contributed by atoms with van der Waals surface area (Å²) < 4.78 is 24.2. The number of aryl methyl sites for hydroxylation is 3. The standard InChI is InChI=1S/C21H25N5O4S2/c1-11-12(2)24-26(6)20(27)17(11)19-23-13(3)18(31-19)21(28)25(5)14(4)15-7-9-16(10-8-15)32(22,29)30/h7-10,14H,1-6H3,(H2,22,29,30). The zero-order valence-electron chi connectivity index (χ0n) is 18.7. The number of sulfonamides is 1. The van der Waals surface area contributed by atoms with Gasteiger partial charge >= 0.3 is 0 Å². The first-order valence-corrected chi connectivity index (χ1v) is 12.1. The molecule has 2 heterocycles. The van der Waals surface area contributed by atoms with Crippen molar-refractivity contribution >= 4 is 27.3 Å². The molecule has 1 atom stereocenters. The molecule has 11 heteroatoms. The van der Waals surface area contributed by atoms with Crippen LogP contribution in [0.25, 0.3) is 10.6 Å². The van der Waals surface area contributed by atoms with Crippen molar-refractivity contribution in [2.45, 2.75) is 38.6 Å². The largest absolute Gasteiger partial charge is 0.334 e. The maximum atomic E-state index is 13.2. The quantitative estimate of drug-likeness (QED) is 0.603. The highest BCUT2D eigenvalue weighted by Gasteiger charge is 2.25. The van der Waals surface area contributed by atoms with Gasteiger partial charge in [0.1, 0.15) is 9.88 Å². The minimum atomic E-state index is -3.79. The molecule has 0 fully saturated rings. The van der Waals surface area contributed by atoms with Gasteiger partial charge < -0.3 is 4.90 Å². The Hall–Kier alpha value is -2.89. The van der Waals surface area contributed by atoms with Gasteiger partial charge in [0, 0.05) is 14.1 Å². The third-order valence-electron chi connectivity index (χ3n) is 5.52. The first-order valence-electron chi connectivity index (χ1n) is 9.75. The van der Waals surface area contributed by atoms with E-state index in [1.807, 2.05) is 20.8 Å². The van der Waals surface area contributed by atoms with Crippen LogP contribution < -0.4 is 10.7 Å². The minimum Gasteiger partial charge on any atom is -0.334 e. The van der Waals surface area contributed by atoms with Crippen LogP contribution in [-0.2, 0) is 17.1 Å². The first-order chi connectivity index (χ1) is 14.8. The molecule has 0 aliphatic rings. The van der Waals surface area contributed by atoms with Gasteiger partial charge in [-0.1, -0.05) is 12.1 Å². The molecule has 3 rings (SSSR count). The van der Waals surface area contributed by atoms with Crippen molar-refractivity contribution in [1.29, 1.82) is 0 Å². The SMILES string of the molecule is Cc1nc(-c2c(C)c(C)nn(C)c2=O)sc1C(=O)N(C)C(C)c1ccc(S(N)(=O)=O)cc1. The highest BCUT2D eigenvalue weighted by atomic mass is 32.2. The number of nitrogens with zero attached hydrogens (tertiary/aromatic N) is 4. The van der Waals surface area contributed by atoms with Crippen LogP contribution >= 0.6 is 11.3 Å². The van der Waals surface area contributed by atoms with E-state index >= 15 is 0 Å². The van der Waals surface area contributed by atoms with Gasteiger partial charge in [0.2, 0.25) is 10.0 Å². The molecule has 170 valence electrons. The number of carbonyl (C=O) groups is 1. The van der Waals surface area contributed by atoms with Crippen molar-refractivity contribution in [3.05, 3.63) is 62.0 Å². The third kappa shape index (κ3) is 4.36. The number of carbonyl (C=O) groups excluding carboxylic acids is 1. The molecule has 0 radical (unpaired) electrons. The molecule has 0 saturated heterocycles. The van der Waals surface area contributed by atoms with Crippen LogP contribution in [0.1, 0.15) is 45.2 Å². The molecule has 0 aliphatic heterocycles. The average Bonchev–Trinajstić information content (AvgIpc) is 3.11. The Bertz CT molecular complexity index is 1360. The fourth-order valence-electron chi connectivity index (χ4n) is 3.30. The van der Waals surface area contributed by atoms with Gasteiger partial charge in [0.05, 0.1) is 27.9 Å². The van der Waals surface area contributed by atoms with Crippen LogP contribution in [0.5, 0.6) is 0 Å². The van der Waals surface area contributed by atoms with Crippen LogP contribution in [-0.4, -0.2) is 41.0 Å². The fourth-order valence-corrected chi connectivity index (χ4v) is 4.96. The molecular formula is C21H25N5O4S2. The van der Waals surface area contributed by atoms with E-state index in [4.69, 9.17) is 5.14 Å². The van der Waals surface area contributed by atoms with Gasteiger partial charge in [0.25, 0.3) is 11.5 Å². The minimum absolute atomic E-state index is 0.00923. The Kier molecular flexibility index (Phi) is 6.36. The highest BCUT2D eigenvalue weighted by Crippen LogP contribution is 2.31. The van der Waals surface area contributed by atoms with Crippen LogP contribution in [0.3, 0.4) is 0 Å². The summed E-state index contributed by atoms with van der Waals surface area (Å²) in [6, 6.07) is 5.76. The van der Waals surface area contributed by atoms with Crippen molar-refractivity contribution in [3.63, 3.8) is 0 Å². The van der Waals surface area contributed by atoms with Gasteiger partial charge in [-0.3, -0.25) is 9.59 Å². The summed E-state index contributed by atoms with van der Waals surface area (Å²) in [7, 11) is -0.535. The number of primary sulfonamides is 1. The topological polar surface area (TPSA) is 128 Å². The second-order valence-electron chi connectivity index (χ2n) is 7.65. The Morgan fingerprint density at radius 1 is 1.16 bits per heavy atom. The van der Waals surface area contributed by atoms with Gasteiger partial charge in [-0.05, 0) is 51.0 Å². The molecule has 2 aromatic heterocycles. The van der Waals surface area contributed by atoms with Crippen molar-refractivity contribution < 1.29 is 13.2 Å². The number of benzene rings is 1. The van der Waals surface area contributed by atoms with E-state index in [9.17, 15) is 18.0 Å². The first kappa shape index (κ1) is 23.8. The van der Waals surface area contributed by atoms with Gasteiger partial charge in [-0.2, -0.15) is 5.10 Å². The predicted molar refractivity (Wildman–Crippen MR) is 123 cm³/mol. The number of thiazole rings is 1. The molecule has 3 aromatic rings. The zero-order valence-corrected chi connectivity index (χ0v) is 20.3. The molecule has 9 nitrogen and oxygen atoms in total. The zero-order chi connectivity index (χ0) is 24.0. The van der Waals surface area contributed by atoms with Crippen LogP contribution in [0, 0.1) is 20.8 Å². The molecular weight excluding hydrogens is 450 g/mol. The second-order valence-corrected chi connectivity index (χ2v) is 10.2. The summed E-state index contributed by atoms with van der Waals surface area (Å²) in [5, 5.41) is 9.82. The Balaban J connectivity index is 1.94. The van der Waals surface area contributed by atoms with Crippen LogP contribution in [0.2, 0.25) is 0 Å². The lowest BCUT2D eigenvalue weighted by Gasteiger charge is -2.25. The number of amides is 1. The maximum absolute atomic E-state index is 13.2. The summed E-state index contributed by atoms with van der Waals surface area (Å²) in [5.41, 5.74) is 2.92. The van der Waals surface area contributed by atoms with E-state index in [2.05, 4.69) is 10.1 Å². The van der Waals surface area contributed by atoms with E-state index in [1.54, 1.807) is 38.1 Å². The van der Waals surface area contributed by atoms with Gasteiger partial charge in [-0.15, -0.1) is 11.3 Å². The van der Waals surface area contributed by atoms with Gasteiger partial charge in [0.15, 0.2) is 0 Å². The van der Waals surface area contributed by atoms with Crippen LogP contribution in [0.4, 0.5) is 0 Å². The van der Waals surface area contributed by atoms with Gasteiger partial charge in [-0.25, -0.2) is 23.2 Å². The number of nitrogens with two attached hydrogens (primary N) is 1. The average molecular weight is 476 g/mol. The molecule has 0 bridgehead atoms. The predicted octanol–water partition coefficient (Wildman–Crippen LogP) is 2.31. The molecule has 1 unspecified atom stereocenters. The second kappa shape index (κ2) is 8.57. The molecule has 0 aliphatic carbocycles. The Morgan fingerprint density at radius 3 is 2.31 bits per heavy atom. The summed E-state index contributed by atoms with van der Waals surface area (Å²) in [4.78, 5) is 32.4. The lowest BCUT2D eigenvalue weighted by molar-refractivity contribution is 0.0746. The summed E-state index contributed by atoms with van der Waals surface area (Å²) in [6.45, 7) is 7.21. The molecule has 0 spiro atoms. The molecule has 1 aromatic carbocycles. The monoisotopic (exact) mass is 475 g/mol. The normalized spacial score (nSPS) is 12.6. The molecule has 32 heavy (non-hydrogen) atoms. The lowest BCUT2D eigenvalue weighted by atomic mass is 10.1. The number of rotatable bonds is 5. The highest BCUT2D eigenvalue weighted by molar-refractivity contribution is 7.89. The number of aromatic nitrogens is 3. The fraction of sp³-hybridized carbons (Fsp3) is 0.333. The maximum Gasteiger partial charge on any atom is 0.277 e. The Labute approximate surface area is 190 Å². The molecule has 2 N–H and O–H groups in total. The molecule has 1 amide bonds. The van der Waals surface area contributed by atoms with Crippen molar-refractivity contribution in [2.24, 2.45) is 12.2 Å². The summed E-state index contributed by atoms with van der Waals surface area (Å²) in [5.74, 6) is -0.241. The molecule has 0 saturated carbocycles. The van der Waals surface area contributed by atoms with Crippen molar-refractivity contribution in [3.8, 4) is 10.6 Å². The van der Waals surface area contributed by atoms with E-state index in [0.717, 1.165) is 16.8 Å². The van der Waals surface area contributed by atoms with Crippen molar-refractivity contribution in [1.82, 2.24) is 19.7 Å². The van der Waals surface area contributed by atoms with E-state index in [0.29, 0.717) is 21.1 Å². The Morgan fingerprint density at radius 2 is 1.75 bits per heavy atom. The summed E-state index contributed by atoms with van der Waals surface area (Å²) >= 11 is 1.17. The van der Waals surface area contributed by atoms with E-state index < -0.39 is 10.0 Å². The van der Waals surface area contributed by atoms with Crippen molar-refractivity contribution in [2.75, 3.05) is 7.05 Å². The lowest BCUT2D eigenvalue weighted by Crippen LogP contribution is -2.29. The summed E-state index contributed by atoms with van der Waals surface area (Å²) in [6.07, 6.45) is 0. The smallest absolute Gasteiger partial charge is 0.277 e.